The minimum atomic E-state index is -0.446. The Morgan fingerprint density at radius 1 is 1.25 bits per heavy atom. The van der Waals surface area contributed by atoms with Gasteiger partial charge in [0.25, 0.3) is 0 Å². The van der Waals surface area contributed by atoms with Crippen molar-refractivity contribution in [2.45, 2.75) is 33.2 Å². The van der Waals surface area contributed by atoms with Crippen LogP contribution in [0.1, 0.15) is 27.2 Å². The lowest BCUT2D eigenvalue weighted by Gasteiger charge is -2.38. The highest BCUT2D eigenvalue weighted by Crippen LogP contribution is 2.23. The van der Waals surface area contributed by atoms with Gasteiger partial charge in [0, 0.05) is 20.3 Å². The molecule has 0 aromatic carbocycles. The maximum absolute atomic E-state index is 12.3. The Hall–Kier alpha value is -1.14. The Kier molecular flexibility index (Phi) is 6.42. The third-order valence-electron chi connectivity index (χ3n) is 3.21. The normalized spacial score (nSPS) is 20.2. The zero-order valence-corrected chi connectivity index (χ0v) is 12.9. The Morgan fingerprint density at radius 2 is 1.95 bits per heavy atom. The van der Waals surface area contributed by atoms with Crippen LogP contribution in [-0.2, 0) is 19.1 Å². The summed E-state index contributed by atoms with van der Waals surface area (Å²) in [5.41, 5.74) is -0.277. The average Bonchev–Trinajstić information content (AvgIpc) is 2.35. The van der Waals surface area contributed by atoms with Gasteiger partial charge in [0.1, 0.15) is 6.04 Å². The Balaban J connectivity index is 2.40. The molecular formula is C14H26N2O4. The van der Waals surface area contributed by atoms with Crippen LogP contribution in [0.2, 0.25) is 0 Å². The van der Waals surface area contributed by atoms with Crippen molar-refractivity contribution in [2.75, 3.05) is 40.0 Å². The van der Waals surface area contributed by atoms with E-state index < -0.39 is 6.04 Å². The largest absolute Gasteiger partial charge is 0.382 e. The number of amides is 2. The third-order valence-corrected chi connectivity index (χ3v) is 3.21. The number of rotatable bonds is 7. The molecule has 1 N–H and O–H groups in total. The molecule has 116 valence electrons. The standard InChI is InChI=1S/C14H26N2O4/c1-14(2,3)12-13(18)16(10-11(17)15-12)6-5-7-20-9-8-19-4/h12H,5-10H2,1-4H3,(H,15,17). The van der Waals surface area contributed by atoms with Crippen LogP contribution in [0.4, 0.5) is 0 Å². The number of hydrogen-bond acceptors (Lipinski definition) is 4. The fourth-order valence-electron chi connectivity index (χ4n) is 2.08. The SMILES string of the molecule is COCCOCCCN1CC(=O)NC(C(C)(C)C)C1=O. The Morgan fingerprint density at radius 3 is 2.55 bits per heavy atom. The number of piperazine rings is 1. The van der Waals surface area contributed by atoms with Gasteiger partial charge in [-0.3, -0.25) is 9.59 Å². The summed E-state index contributed by atoms with van der Waals surface area (Å²) in [7, 11) is 1.63. The molecule has 0 saturated carbocycles. The van der Waals surface area contributed by atoms with E-state index >= 15 is 0 Å². The first kappa shape index (κ1) is 16.9. The van der Waals surface area contributed by atoms with E-state index in [4.69, 9.17) is 9.47 Å². The first-order chi connectivity index (χ1) is 9.36. The van der Waals surface area contributed by atoms with E-state index in [1.165, 1.54) is 0 Å². The van der Waals surface area contributed by atoms with E-state index in [9.17, 15) is 9.59 Å². The second-order valence-electron chi connectivity index (χ2n) is 6.09. The molecule has 6 heteroatoms. The molecule has 1 aliphatic heterocycles. The predicted octanol–water partition coefficient (Wildman–Crippen LogP) is 0.413. The molecule has 1 heterocycles. The van der Waals surface area contributed by atoms with Crippen molar-refractivity contribution in [1.29, 1.82) is 0 Å². The molecule has 1 saturated heterocycles. The predicted molar refractivity (Wildman–Crippen MR) is 75.3 cm³/mol. The van der Waals surface area contributed by atoms with Gasteiger partial charge in [-0.05, 0) is 11.8 Å². The zero-order valence-electron chi connectivity index (χ0n) is 12.9. The van der Waals surface area contributed by atoms with Crippen molar-refractivity contribution in [2.24, 2.45) is 5.41 Å². The number of hydrogen-bond donors (Lipinski definition) is 1. The van der Waals surface area contributed by atoms with Crippen LogP contribution in [0.3, 0.4) is 0 Å². The zero-order chi connectivity index (χ0) is 15.2. The van der Waals surface area contributed by atoms with Crippen molar-refractivity contribution < 1.29 is 19.1 Å². The first-order valence-corrected chi connectivity index (χ1v) is 7.01. The number of ether oxygens (including phenoxy) is 2. The van der Waals surface area contributed by atoms with Gasteiger partial charge >= 0.3 is 0 Å². The van der Waals surface area contributed by atoms with Crippen LogP contribution >= 0.6 is 0 Å². The lowest BCUT2D eigenvalue weighted by molar-refractivity contribution is -0.147. The summed E-state index contributed by atoms with van der Waals surface area (Å²) in [5.74, 6) is -0.0983. The van der Waals surface area contributed by atoms with Crippen molar-refractivity contribution in [1.82, 2.24) is 10.2 Å². The fourth-order valence-corrected chi connectivity index (χ4v) is 2.08. The monoisotopic (exact) mass is 286 g/mol. The van der Waals surface area contributed by atoms with Gasteiger partial charge in [-0.25, -0.2) is 0 Å². The van der Waals surface area contributed by atoms with Crippen molar-refractivity contribution in [3.8, 4) is 0 Å². The molecule has 1 fully saturated rings. The number of methoxy groups -OCH3 is 1. The van der Waals surface area contributed by atoms with Gasteiger partial charge in [-0.1, -0.05) is 20.8 Å². The summed E-state index contributed by atoms with van der Waals surface area (Å²) in [6.45, 7) is 8.23. The van der Waals surface area contributed by atoms with Gasteiger partial charge in [-0.15, -0.1) is 0 Å². The average molecular weight is 286 g/mol. The number of carbonyl (C=O) groups excluding carboxylic acids is 2. The number of nitrogens with one attached hydrogen (secondary N) is 1. The summed E-state index contributed by atoms with van der Waals surface area (Å²) < 4.78 is 10.2. The van der Waals surface area contributed by atoms with Crippen LogP contribution in [-0.4, -0.2) is 62.8 Å². The van der Waals surface area contributed by atoms with Crippen molar-refractivity contribution >= 4 is 11.8 Å². The smallest absolute Gasteiger partial charge is 0.246 e. The van der Waals surface area contributed by atoms with Gasteiger partial charge in [0.2, 0.25) is 11.8 Å². The minimum Gasteiger partial charge on any atom is -0.382 e. The molecule has 0 aliphatic carbocycles. The molecule has 1 atom stereocenters. The van der Waals surface area contributed by atoms with Crippen LogP contribution < -0.4 is 5.32 Å². The van der Waals surface area contributed by atoms with E-state index in [1.807, 2.05) is 20.8 Å². The highest BCUT2D eigenvalue weighted by molar-refractivity contribution is 5.95. The molecule has 2 amide bonds. The molecule has 0 aromatic rings. The van der Waals surface area contributed by atoms with Crippen LogP contribution in [0.5, 0.6) is 0 Å². The third kappa shape index (κ3) is 5.09. The molecule has 0 radical (unpaired) electrons. The van der Waals surface area contributed by atoms with Crippen LogP contribution in [0, 0.1) is 5.41 Å². The maximum Gasteiger partial charge on any atom is 0.246 e. The van der Waals surface area contributed by atoms with E-state index in [1.54, 1.807) is 12.0 Å². The topological polar surface area (TPSA) is 67.9 Å². The summed E-state index contributed by atoms with van der Waals surface area (Å²) in [5, 5.41) is 2.78. The van der Waals surface area contributed by atoms with E-state index in [2.05, 4.69) is 5.32 Å². The second kappa shape index (κ2) is 7.59. The van der Waals surface area contributed by atoms with Gasteiger partial charge < -0.3 is 19.7 Å². The van der Waals surface area contributed by atoms with Gasteiger partial charge in [-0.2, -0.15) is 0 Å². The van der Waals surface area contributed by atoms with E-state index in [-0.39, 0.29) is 23.8 Å². The van der Waals surface area contributed by atoms with Crippen LogP contribution in [0.25, 0.3) is 0 Å². The van der Waals surface area contributed by atoms with Gasteiger partial charge in [0.05, 0.1) is 19.8 Å². The summed E-state index contributed by atoms with van der Waals surface area (Å²) in [4.78, 5) is 25.7. The highest BCUT2D eigenvalue weighted by atomic mass is 16.5. The molecule has 0 spiro atoms. The molecule has 1 rings (SSSR count). The maximum atomic E-state index is 12.3. The fraction of sp³-hybridized carbons (Fsp3) is 0.857. The Labute approximate surface area is 120 Å². The molecule has 0 aromatic heterocycles. The minimum absolute atomic E-state index is 0.00556. The quantitative estimate of drug-likeness (QED) is 0.688. The van der Waals surface area contributed by atoms with E-state index in [0.717, 1.165) is 6.42 Å². The first-order valence-electron chi connectivity index (χ1n) is 7.01. The lowest BCUT2D eigenvalue weighted by atomic mass is 9.85. The molecule has 20 heavy (non-hydrogen) atoms. The summed E-state index contributed by atoms with van der Waals surface area (Å²) in [6, 6.07) is -0.446. The van der Waals surface area contributed by atoms with Crippen molar-refractivity contribution in [3.05, 3.63) is 0 Å². The Bertz CT molecular complexity index is 339. The summed E-state index contributed by atoms with van der Waals surface area (Å²) in [6.07, 6.45) is 0.722. The van der Waals surface area contributed by atoms with E-state index in [0.29, 0.717) is 26.4 Å². The molecule has 6 nitrogen and oxygen atoms in total. The molecule has 0 bridgehead atoms. The highest BCUT2D eigenvalue weighted by Gasteiger charge is 2.39. The van der Waals surface area contributed by atoms with Crippen molar-refractivity contribution in [3.63, 3.8) is 0 Å². The molecule has 1 aliphatic rings. The second-order valence-corrected chi connectivity index (χ2v) is 6.09. The lowest BCUT2D eigenvalue weighted by Crippen LogP contribution is -2.62. The van der Waals surface area contributed by atoms with Crippen LogP contribution in [0.15, 0.2) is 0 Å². The molecular weight excluding hydrogens is 260 g/mol. The molecule has 1 unspecified atom stereocenters. The van der Waals surface area contributed by atoms with Gasteiger partial charge in [0.15, 0.2) is 0 Å². The number of nitrogens with zero attached hydrogens (tertiary/aromatic N) is 1. The summed E-state index contributed by atoms with van der Waals surface area (Å²) >= 11 is 0. The number of carbonyl (C=O) groups is 2.